The molecule has 4 nitrogen and oxygen atoms in total. The van der Waals surface area contributed by atoms with E-state index >= 15 is 0 Å². The van der Waals surface area contributed by atoms with Crippen LogP contribution in [0.25, 0.3) is 0 Å². The lowest BCUT2D eigenvalue weighted by molar-refractivity contribution is 0.317. The average Bonchev–Trinajstić information content (AvgIpc) is 2.29. The largest absolute Gasteiger partial charge is 0.409 e. The lowest BCUT2D eigenvalue weighted by Crippen LogP contribution is -2.16. The molecule has 82 valence electrons. The lowest BCUT2D eigenvalue weighted by Gasteiger charge is -2.09. The summed E-state index contributed by atoms with van der Waals surface area (Å²) in [5, 5.41) is 14.5. The molecule has 1 rings (SSSR count). The highest BCUT2D eigenvalue weighted by Crippen LogP contribution is 2.14. The van der Waals surface area contributed by atoms with Crippen molar-refractivity contribution < 1.29 is 5.21 Å². The third kappa shape index (κ3) is 3.50. The van der Waals surface area contributed by atoms with Crippen molar-refractivity contribution >= 4 is 11.5 Å². The van der Waals surface area contributed by atoms with Crippen molar-refractivity contribution in [2.75, 3.05) is 11.9 Å². The molecule has 0 aliphatic carbocycles. The molecule has 1 aromatic rings. The molecule has 0 amide bonds. The second-order valence-electron chi connectivity index (χ2n) is 3.28. The van der Waals surface area contributed by atoms with Gasteiger partial charge < -0.3 is 16.3 Å². The maximum atomic E-state index is 8.37. The van der Waals surface area contributed by atoms with Crippen LogP contribution in [0.4, 0.5) is 5.69 Å². The monoisotopic (exact) mass is 207 g/mol. The van der Waals surface area contributed by atoms with E-state index in [1.165, 1.54) is 5.56 Å². The molecule has 0 atom stereocenters. The van der Waals surface area contributed by atoms with E-state index in [0.29, 0.717) is 13.0 Å². The Kier molecular flexibility index (Phi) is 4.47. The maximum absolute atomic E-state index is 8.37. The van der Waals surface area contributed by atoms with E-state index in [4.69, 9.17) is 10.9 Å². The van der Waals surface area contributed by atoms with Gasteiger partial charge in [-0.1, -0.05) is 30.3 Å². The number of para-hydroxylation sites is 1. The zero-order valence-corrected chi connectivity index (χ0v) is 8.90. The Bertz CT molecular complexity index is 336. The molecule has 0 bridgehead atoms. The molecular formula is C11H17N3O. The van der Waals surface area contributed by atoms with E-state index in [0.717, 1.165) is 12.1 Å². The van der Waals surface area contributed by atoms with Crippen LogP contribution in [0.2, 0.25) is 0 Å². The summed E-state index contributed by atoms with van der Waals surface area (Å²) >= 11 is 0. The molecule has 0 aliphatic heterocycles. The summed E-state index contributed by atoms with van der Waals surface area (Å²) in [6.07, 6.45) is 1.53. The van der Waals surface area contributed by atoms with E-state index in [1.54, 1.807) is 0 Å². The van der Waals surface area contributed by atoms with Gasteiger partial charge in [0.15, 0.2) is 0 Å². The van der Waals surface area contributed by atoms with E-state index in [9.17, 15) is 0 Å². The van der Waals surface area contributed by atoms with Gasteiger partial charge in [0.2, 0.25) is 0 Å². The van der Waals surface area contributed by atoms with E-state index in [1.807, 2.05) is 18.2 Å². The molecule has 0 spiro atoms. The maximum Gasteiger partial charge on any atom is 0.140 e. The molecule has 4 heteroatoms. The predicted octanol–water partition coefficient (Wildman–Crippen LogP) is 1.80. The van der Waals surface area contributed by atoms with Crippen LogP contribution in [-0.2, 0) is 6.42 Å². The van der Waals surface area contributed by atoms with Crippen LogP contribution in [0, 0.1) is 0 Å². The smallest absolute Gasteiger partial charge is 0.140 e. The summed E-state index contributed by atoms with van der Waals surface area (Å²) in [5.41, 5.74) is 7.76. The quantitative estimate of drug-likeness (QED) is 0.298. The molecule has 0 saturated heterocycles. The van der Waals surface area contributed by atoms with Crippen LogP contribution in [0.15, 0.2) is 29.4 Å². The van der Waals surface area contributed by atoms with Crippen LogP contribution in [0.1, 0.15) is 18.9 Å². The van der Waals surface area contributed by atoms with Gasteiger partial charge in [-0.3, -0.25) is 0 Å². The third-order valence-corrected chi connectivity index (χ3v) is 2.22. The van der Waals surface area contributed by atoms with Crippen LogP contribution in [0.3, 0.4) is 0 Å². The highest BCUT2D eigenvalue weighted by atomic mass is 16.4. The van der Waals surface area contributed by atoms with Gasteiger partial charge in [0.1, 0.15) is 5.84 Å². The Hall–Kier alpha value is -1.71. The number of amidine groups is 1. The summed E-state index contributed by atoms with van der Waals surface area (Å²) < 4.78 is 0. The number of oxime groups is 1. The van der Waals surface area contributed by atoms with Crippen molar-refractivity contribution in [3.05, 3.63) is 29.8 Å². The number of hydrogen-bond acceptors (Lipinski definition) is 3. The lowest BCUT2D eigenvalue weighted by atomic mass is 10.1. The molecule has 0 radical (unpaired) electrons. The number of anilines is 1. The molecule has 0 aromatic heterocycles. The molecule has 0 unspecified atom stereocenters. The van der Waals surface area contributed by atoms with Crippen molar-refractivity contribution in [1.82, 2.24) is 0 Å². The number of aryl methyl sites for hydroxylation is 1. The van der Waals surface area contributed by atoms with Gasteiger partial charge in [-0.05, 0) is 18.1 Å². The van der Waals surface area contributed by atoms with Crippen LogP contribution < -0.4 is 11.1 Å². The Morgan fingerprint density at radius 1 is 1.47 bits per heavy atom. The molecule has 1 aromatic carbocycles. The summed E-state index contributed by atoms with van der Waals surface area (Å²) in [5.74, 6) is 0.247. The van der Waals surface area contributed by atoms with E-state index < -0.39 is 0 Å². The minimum Gasteiger partial charge on any atom is -0.409 e. The van der Waals surface area contributed by atoms with Crippen molar-refractivity contribution in [2.45, 2.75) is 19.8 Å². The first-order valence-electron chi connectivity index (χ1n) is 5.06. The van der Waals surface area contributed by atoms with Gasteiger partial charge >= 0.3 is 0 Å². The second-order valence-corrected chi connectivity index (χ2v) is 3.28. The Labute approximate surface area is 89.8 Å². The zero-order chi connectivity index (χ0) is 11.1. The molecule has 0 heterocycles. The van der Waals surface area contributed by atoms with Crippen molar-refractivity contribution in [2.24, 2.45) is 10.9 Å². The summed E-state index contributed by atoms with van der Waals surface area (Å²) in [4.78, 5) is 0. The molecule has 0 fully saturated rings. The van der Waals surface area contributed by atoms with Crippen LogP contribution in [0.5, 0.6) is 0 Å². The van der Waals surface area contributed by atoms with Crippen LogP contribution >= 0.6 is 0 Å². The minimum absolute atomic E-state index is 0.247. The van der Waals surface area contributed by atoms with Gasteiger partial charge in [0.05, 0.1) is 0 Å². The number of nitrogens with zero attached hydrogens (tertiary/aromatic N) is 1. The standard InChI is InChI=1S/C11H17N3O/c1-2-9-5-3-4-6-10(9)13-8-7-11(12)14-15/h3-6,13,15H,2,7-8H2,1H3,(H2,12,14). The Morgan fingerprint density at radius 2 is 2.20 bits per heavy atom. The first-order valence-corrected chi connectivity index (χ1v) is 5.06. The Morgan fingerprint density at radius 3 is 2.87 bits per heavy atom. The molecule has 0 saturated carbocycles. The fraction of sp³-hybridized carbons (Fsp3) is 0.364. The number of nitrogens with two attached hydrogens (primary N) is 1. The van der Waals surface area contributed by atoms with Gasteiger partial charge in [0, 0.05) is 18.7 Å². The van der Waals surface area contributed by atoms with E-state index in [-0.39, 0.29) is 5.84 Å². The number of rotatable bonds is 5. The number of hydrogen-bond donors (Lipinski definition) is 3. The summed E-state index contributed by atoms with van der Waals surface area (Å²) in [7, 11) is 0. The molecule has 15 heavy (non-hydrogen) atoms. The molecule has 0 aliphatic rings. The van der Waals surface area contributed by atoms with Gasteiger partial charge in [-0.2, -0.15) is 0 Å². The zero-order valence-electron chi connectivity index (χ0n) is 8.90. The highest BCUT2D eigenvalue weighted by molar-refractivity contribution is 5.80. The van der Waals surface area contributed by atoms with Crippen molar-refractivity contribution in [1.29, 1.82) is 0 Å². The molecule has 4 N–H and O–H groups in total. The van der Waals surface area contributed by atoms with Gasteiger partial charge in [0.25, 0.3) is 0 Å². The van der Waals surface area contributed by atoms with E-state index in [2.05, 4.69) is 23.5 Å². The third-order valence-electron chi connectivity index (χ3n) is 2.22. The summed E-state index contributed by atoms with van der Waals surface area (Å²) in [6, 6.07) is 8.13. The average molecular weight is 207 g/mol. The predicted molar refractivity (Wildman–Crippen MR) is 62.3 cm³/mol. The number of nitrogens with one attached hydrogen (secondary N) is 1. The van der Waals surface area contributed by atoms with Crippen LogP contribution in [-0.4, -0.2) is 17.6 Å². The first kappa shape index (κ1) is 11.4. The SMILES string of the molecule is CCc1ccccc1NCCC(N)=NO. The van der Waals surface area contributed by atoms with Crippen molar-refractivity contribution in [3.63, 3.8) is 0 Å². The number of benzene rings is 1. The fourth-order valence-corrected chi connectivity index (χ4v) is 1.38. The van der Waals surface area contributed by atoms with Gasteiger partial charge in [-0.25, -0.2) is 0 Å². The topological polar surface area (TPSA) is 70.6 Å². The second kappa shape index (κ2) is 5.90. The van der Waals surface area contributed by atoms with Gasteiger partial charge in [-0.15, -0.1) is 0 Å². The Balaban J connectivity index is 2.50. The van der Waals surface area contributed by atoms with Crippen molar-refractivity contribution in [3.8, 4) is 0 Å². The highest BCUT2D eigenvalue weighted by Gasteiger charge is 1.98. The first-order chi connectivity index (χ1) is 7.27. The fourth-order valence-electron chi connectivity index (χ4n) is 1.38. The normalized spacial score (nSPS) is 11.4. The molecular weight excluding hydrogens is 190 g/mol. The summed E-state index contributed by atoms with van der Waals surface area (Å²) in [6.45, 7) is 2.79. The minimum atomic E-state index is 0.247.